The van der Waals surface area contributed by atoms with E-state index in [2.05, 4.69) is 135 Å². The number of hydrogen-bond acceptors (Lipinski definition) is 13. The first-order chi connectivity index (χ1) is 37.1. The average Bonchev–Trinajstić information content (AvgIpc) is 3.42. The Morgan fingerprint density at radius 1 is 0.487 bits per heavy atom. The number of carbonyl (C=O) groups is 1. The quantitative estimate of drug-likeness (QED) is 0.0206. The minimum atomic E-state index is -1.80. The molecule has 2 aliphatic rings. The number of ether oxygens (including phenoxy) is 4. The van der Waals surface area contributed by atoms with Gasteiger partial charge in [0.25, 0.3) is 0 Å². The molecule has 76 heavy (non-hydrogen) atoms. The van der Waals surface area contributed by atoms with E-state index in [1.54, 1.807) is 6.08 Å². The van der Waals surface area contributed by atoms with Gasteiger partial charge >= 0.3 is 0 Å². The van der Waals surface area contributed by atoms with Crippen LogP contribution in [0.25, 0.3) is 0 Å². The summed E-state index contributed by atoms with van der Waals surface area (Å²) in [6, 6.07) is -0.972. The first-order valence-corrected chi connectivity index (χ1v) is 28.4. The Hall–Kier alpha value is -3.87. The van der Waals surface area contributed by atoms with Gasteiger partial charge in [0.15, 0.2) is 12.6 Å². The third-order valence-electron chi connectivity index (χ3n) is 12.8. The highest BCUT2D eigenvalue weighted by atomic mass is 16.7. The molecular weight excluding hydrogens is 967 g/mol. The lowest BCUT2D eigenvalue weighted by atomic mass is 9.97. The Morgan fingerprint density at radius 2 is 0.921 bits per heavy atom. The molecule has 430 valence electrons. The first kappa shape index (κ1) is 68.2. The second kappa shape index (κ2) is 46.1. The molecule has 0 aliphatic carbocycles. The van der Waals surface area contributed by atoms with Crippen molar-refractivity contribution in [2.24, 2.45) is 0 Å². The van der Waals surface area contributed by atoms with Crippen LogP contribution in [0.1, 0.15) is 155 Å². The Balaban J connectivity index is 1.80. The van der Waals surface area contributed by atoms with Crippen molar-refractivity contribution in [3.8, 4) is 0 Å². The largest absolute Gasteiger partial charge is 0.394 e. The molecule has 0 aromatic carbocycles. The van der Waals surface area contributed by atoms with Gasteiger partial charge in [-0.1, -0.05) is 186 Å². The van der Waals surface area contributed by atoms with Crippen molar-refractivity contribution in [2.75, 3.05) is 19.8 Å². The van der Waals surface area contributed by atoms with Crippen molar-refractivity contribution in [3.05, 3.63) is 134 Å². The van der Waals surface area contributed by atoms with Crippen LogP contribution in [0.2, 0.25) is 0 Å². The SMILES string of the molecule is CC/C=C\C/C=C\C/C=C\C/C=C\C/C=C\C/C=C\C/C=C\C/C=C\C/C=C\CCCC(=O)NC(COC1OC(CO)C(OC2OC(CO)C(O)C(O)C2O)C(O)C1O)C(O)/C=C/CC/C=C/CCCCCCCCC. The number of aliphatic hydroxyl groups excluding tert-OH is 8. The monoisotopic (exact) mass is 1070 g/mol. The summed E-state index contributed by atoms with van der Waals surface area (Å²) in [5, 5.41) is 86.8. The number of carbonyl (C=O) groups excluding carboxylic acids is 1. The van der Waals surface area contributed by atoms with Gasteiger partial charge in [-0.3, -0.25) is 4.79 Å². The maximum Gasteiger partial charge on any atom is 0.220 e. The van der Waals surface area contributed by atoms with Crippen molar-refractivity contribution in [2.45, 2.75) is 229 Å². The van der Waals surface area contributed by atoms with Crippen LogP contribution in [0.3, 0.4) is 0 Å². The minimum absolute atomic E-state index is 0.184. The summed E-state index contributed by atoms with van der Waals surface area (Å²) in [5.74, 6) is -0.315. The summed E-state index contributed by atoms with van der Waals surface area (Å²) in [6.07, 6.45) is 50.7. The number of amides is 1. The standard InChI is InChI=1S/C62H99NO13/c1-3-5-7-9-11-13-15-17-18-19-20-21-22-23-24-25-26-27-28-29-30-31-32-34-36-38-40-42-44-46-54(67)63-50(51(66)45-43-41-39-37-35-33-16-14-12-10-8-6-4-2)49-73-61-59(72)57(70)60(53(48-65)75-61)76-62-58(71)56(69)55(68)52(47-64)74-62/h5,7,11,13,17-18,20-21,23-24,26-27,29-30,32,34-35,37-38,40,43,45,50-53,55-62,64-66,68-72H,3-4,6,8-10,12,14-16,19,22,25,28,31,33,36,39,41-42,44,46-49H2,1-2H3,(H,63,67)/b7-5-,13-11-,18-17-,21-20-,24-23-,27-26-,30-29-,34-32-,37-35+,40-38-,45-43+. The van der Waals surface area contributed by atoms with E-state index in [1.165, 1.54) is 44.9 Å². The molecule has 0 aromatic rings. The molecule has 2 heterocycles. The molecule has 2 rings (SSSR count). The van der Waals surface area contributed by atoms with Crippen LogP contribution in [0.4, 0.5) is 0 Å². The first-order valence-electron chi connectivity index (χ1n) is 28.4. The second-order valence-corrected chi connectivity index (χ2v) is 19.3. The molecule has 0 bridgehead atoms. The predicted molar refractivity (Wildman–Crippen MR) is 304 cm³/mol. The maximum absolute atomic E-state index is 13.2. The molecular formula is C62H99NO13. The molecule has 9 N–H and O–H groups in total. The highest BCUT2D eigenvalue weighted by molar-refractivity contribution is 5.76. The molecule has 2 saturated heterocycles. The minimum Gasteiger partial charge on any atom is -0.394 e. The van der Waals surface area contributed by atoms with Gasteiger partial charge in [0.05, 0.1) is 32.0 Å². The van der Waals surface area contributed by atoms with Crippen LogP contribution < -0.4 is 5.32 Å². The van der Waals surface area contributed by atoms with E-state index in [4.69, 9.17) is 18.9 Å². The fraction of sp³-hybridized carbons (Fsp3) is 0.629. The molecule has 2 fully saturated rings. The highest BCUT2D eigenvalue weighted by Crippen LogP contribution is 2.30. The summed E-state index contributed by atoms with van der Waals surface area (Å²) in [6.45, 7) is 2.57. The van der Waals surface area contributed by atoms with Crippen LogP contribution in [0.15, 0.2) is 134 Å². The van der Waals surface area contributed by atoms with Gasteiger partial charge in [-0.05, 0) is 96.3 Å². The molecule has 0 aromatic heterocycles. The zero-order valence-electron chi connectivity index (χ0n) is 45.9. The zero-order chi connectivity index (χ0) is 55.3. The molecule has 14 heteroatoms. The summed E-state index contributed by atoms with van der Waals surface area (Å²) >= 11 is 0. The Morgan fingerprint density at radius 3 is 1.45 bits per heavy atom. The van der Waals surface area contributed by atoms with E-state index < -0.39 is 86.8 Å². The predicted octanol–water partition coefficient (Wildman–Crippen LogP) is 9.21. The van der Waals surface area contributed by atoms with Crippen LogP contribution in [-0.4, -0.2) is 140 Å². The molecule has 12 atom stereocenters. The number of allylic oxidation sites excluding steroid dienone is 21. The topological polar surface area (TPSA) is 228 Å². The van der Waals surface area contributed by atoms with E-state index >= 15 is 0 Å². The third-order valence-corrected chi connectivity index (χ3v) is 12.8. The van der Waals surface area contributed by atoms with Crippen molar-refractivity contribution < 1.29 is 64.6 Å². The maximum atomic E-state index is 13.2. The fourth-order valence-electron chi connectivity index (χ4n) is 8.25. The van der Waals surface area contributed by atoms with Crippen molar-refractivity contribution in [1.82, 2.24) is 5.32 Å². The summed E-state index contributed by atoms with van der Waals surface area (Å²) < 4.78 is 22.7. The Bertz CT molecular complexity index is 1780. The highest BCUT2D eigenvalue weighted by Gasteiger charge is 2.51. The molecule has 0 saturated carbocycles. The Labute approximate surface area is 456 Å². The van der Waals surface area contributed by atoms with E-state index in [1.807, 2.05) is 12.2 Å². The molecule has 0 spiro atoms. The van der Waals surface area contributed by atoms with Crippen molar-refractivity contribution >= 4 is 5.91 Å². The number of aliphatic hydroxyl groups is 8. The van der Waals surface area contributed by atoms with Gasteiger partial charge in [0.1, 0.15) is 48.8 Å². The van der Waals surface area contributed by atoms with Crippen LogP contribution in [-0.2, 0) is 23.7 Å². The fourth-order valence-corrected chi connectivity index (χ4v) is 8.25. The number of rotatable bonds is 42. The van der Waals surface area contributed by atoms with E-state index in [0.717, 1.165) is 70.6 Å². The Kier molecular flexibility index (Phi) is 41.4. The lowest BCUT2D eigenvalue weighted by Gasteiger charge is -2.46. The van der Waals surface area contributed by atoms with Gasteiger partial charge in [-0.15, -0.1) is 0 Å². The van der Waals surface area contributed by atoms with Crippen LogP contribution >= 0.6 is 0 Å². The lowest BCUT2D eigenvalue weighted by molar-refractivity contribution is -0.359. The van der Waals surface area contributed by atoms with Gasteiger partial charge in [0, 0.05) is 6.42 Å². The summed E-state index contributed by atoms with van der Waals surface area (Å²) in [4.78, 5) is 13.2. The van der Waals surface area contributed by atoms with Gasteiger partial charge in [-0.2, -0.15) is 0 Å². The lowest BCUT2D eigenvalue weighted by Crippen LogP contribution is -2.65. The average molecular weight is 1070 g/mol. The molecule has 14 nitrogen and oxygen atoms in total. The van der Waals surface area contributed by atoms with Crippen molar-refractivity contribution in [1.29, 1.82) is 0 Å². The van der Waals surface area contributed by atoms with E-state index in [-0.39, 0.29) is 18.9 Å². The summed E-state index contributed by atoms with van der Waals surface area (Å²) in [5.41, 5.74) is 0. The third kappa shape index (κ3) is 31.5. The zero-order valence-corrected chi connectivity index (χ0v) is 45.9. The molecule has 2 aliphatic heterocycles. The van der Waals surface area contributed by atoms with E-state index in [0.29, 0.717) is 19.3 Å². The molecule has 1 amide bonds. The van der Waals surface area contributed by atoms with E-state index in [9.17, 15) is 45.6 Å². The van der Waals surface area contributed by atoms with Crippen LogP contribution in [0, 0.1) is 0 Å². The normalized spacial score (nSPS) is 25.9. The number of hydrogen-bond donors (Lipinski definition) is 9. The molecule has 12 unspecified atom stereocenters. The van der Waals surface area contributed by atoms with Crippen molar-refractivity contribution in [3.63, 3.8) is 0 Å². The second-order valence-electron chi connectivity index (χ2n) is 19.3. The summed E-state index contributed by atoms with van der Waals surface area (Å²) in [7, 11) is 0. The van der Waals surface area contributed by atoms with Gasteiger partial charge in [-0.25, -0.2) is 0 Å². The van der Waals surface area contributed by atoms with Crippen LogP contribution in [0.5, 0.6) is 0 Å². The van der Waals surface area contributed by atoms with Gasteiger partial charge < -0.3 is 65.1 Å². The van der Waals surface area contributed by atoms with Gasteiger partial charge in [0.2, 0.25) is 5.91 Å². The number of unbranched alkanes of at least 4 members (excludes halogenated alkanes) is 9. The number of nitrogens with one attached hydrogen (secondary N) is 1. The molecule has 0 radical (unpaired) electrons. The smallest absolute Gasteiger partial charge is 0.220 e.